The van der Waals surface area contributed by atoms with Gasteiger partial charge in [0.25, 0.3) is 5.69 Å². The first-order valence-corrected chi connectivity index (χ1v) is 6.33. The van der Waals surface area contributed by atoms with Crippen molar-refractivity contribution in [3.63, 3.8) is 0 Å². The van der Waals surface area contributed by atoms with Crippen molar-refractivity contribution < 1.29 is 9.66 Å². The number of aryl methyl sites for hydroxylation is 1. The Bertz CT molecular complexity index is 731. The zero-order chi connectivity index (χ0) is 15.6. The van der Waals surface area contributed by atoms with E-state index in [9.17, 15) is 10.1 Å². The van der Waals surface area contributed by atoms with Crippen molar-refractivity contribution in [1.29, 1.82) is 5.41 Å². The SMILES string of the molecule is Cc1ccc([N+](=O)[O-])cc1Oc1ccc(C(=N)N)c(Cl)c1. The Hall–Kier alpha value is -2.60. The zero-order valence-electron chi connectivity index (χ0n) is 11.1. The van der Waals surface area contributed by atoms with Crippen molar-refractivity contribution in [2.45, 2.75) is 6.92 Å². The second kappa shape index (κ2) is 5.80. The molecule has 0 bridgehead atoms. The highest BCUT2D eigenvalue weighted by molar-refractivity contribution is 6.34. The van der Waals surface area contributed by atoms with Crippen molar-refractivity contribution in [1.82, 2.24) is 0 Å². The van der Waals surface area contributed by atoms with Gasteiger partial charge in [-0.2, -0.15) is 0 Å². The number of benzene rings is 2. The van der Waals surface area contributed by atoms with Crippen LogP contribution in [0.15, 0.2) is 36.4 Å². The first-order chi connectivity index (χ1) is 9.88. The number of non-ortho nitro benzene ring substituents is 1. The minimum atomic E-state index is -0.488. The van der Waals surface area contributed by atoms with Crippen molar-refractivity contribution >= 4 is 23.1 Å². The van der Waals surface area contributed by atoms with E-state index in [1.807, 2.05) is 0 Å². The second-order valence-electron chi connectivity index (χ2n) is 4.36. The van der Waals surface area contributed by atoms with Crippen LogP contribution >= 0.6 is 11.6 Å². The third-order valence-corrected chi connectivity index (χ3v) is 3.15. The van der Waals surface area contributed by atoms with Gasteiger partial charge in [-0.3, -0.25) is 15.5 Å². The molecule has 2 aromatic carbocycles. The molecule has 0 unspecified atom stereocenters. The number of nitrogen functional groups attached to an aromatic ring is 1. The number of nitrogens with two attached hydrogens (primary N) is 1. The predicted octanol–water partition coefficient (Wildman–Crippen LogP) is 3.63. The number of amidine groups is 1. The predicted molar refractivity (Wildman–Crippen MR) is 80.4 cm³/mol. The Balaban J connectivity index is 2.34. The van der Waals surface area contributed by atoms with Gasteiger partial charge in [-0.25, -0.2) is 0 Å². The summed E-state index contributed by atoms with van der Waals surface area (Å²) < 4.78 is 5.62. The molecule has 0 aliphatic carbocycles. The maximum atomic E-state index is 10.8. The molecule has 0 aromatic heterocycles. The summed E-state index contributed by atoms with van der Waals surface area (Å²) in [5, 5.41) is 18.4. The summed E-state index contributed by atoms with van der Waals surface area (Å²) in [7, 11) is 0. The number of nitrogens with one attached hydrogen (secondary N) is 1. The van der Waals surface area contributed by atoms with Crippen LogP contribution in [0.5, 0.6) is 11.5 Å². The van der Waals surface area contributed by atoms with Crippen molar-refractivity contribution in [2.24, 2.45) is 5.73 Å². The highest BCUT2D eigenvalue weighted by Crippen LogP contribution is 2.31. The van der Waals surface area contributed by atoms with Crippen LogP contribution in [0.1, 0.15) is 11.1 Å². The molecule has 0 heterocycles. The van der Waals surface area contributed by atoms with E-state index in [4.69, 9.17) is 27.5 Å². The van der Waals surface area contributed by atoms with Gasteiger partial charge in [0.15, 0.2) is 0 Å². The molecular weight excluding hydrogens is 294 g/mol. The Morgan fingerprint density at radius 1 is 1.33 bits per heavy atom. The van der Waals surface area contributed by atoms with Gasteiger partial charge in [0.2, 0.25) is 0 Å². The first-order valence-electron chi connectivity index (χ1n) is 5.95. The largest absolute Gasteiger partial charge is 0.457 e. The van der Waals surface area contributed by atoms with E-state index >= 15 is 0 Å². The minimum absolute atomic E-state index is 0.0537. The molecule has 0 spiro atoms. The summed E-state index contributed by atoms with van der Waals surface area (Å²) in [6.45, 7) is 1.78. The number of nitrogens with zero attached hydrogens (tertiary/aromatic N) is 1. The summed E-state index contributed by atoms with van der Waals surface area (Å²) in [5.74, 6) is 0.641. The Morgan fingerprint density at radius 2 is 2.05 bits per heavy atom. The molecule has 0 fully saturated rings. The average molecular weight is 306 g/mol. The summed E-state index contributed by atoms with van der Waals surface area (Å²) in [6, 6.07) is 9.04. The molecule has 2 rings (SSSR count). The van der Waals surface area contributed by atoms with E-state index in [-0.39, 0.29) is 16.5 Å². The van der Waals surface area contributed by atoms with Crippen LogP contribution in [-0.2, 0) is 0 Å². The number of hydrogen-bond donors (Lipinski definition) is 2. The van der Waals surface area contributed by atoms with Gasteiger partial charge in [0.05, 0.1) is 16.0 Å². The molecule has 21 heavy (non-hydrogen) atoms. The van der Waals surface area contributed by atoms with Gasteiger partial charge >= 0.3 is 0 Å². The second-order valence-corrected chi connectivity index (χ2v) is 4.77. The number of halogens is 1. The van der Waals surface area contributed by atoms with Crippen molar-refractivity contribution in [3.8, 4) is 11.5 Å². The van der Waals surface area contributed by atoms with E-state index < -0.39 is 4.92 Å². The van der Waals surface area contributed by atoms with Crippen LogP contribution in [0.25, 0.3) is 0 Å². The fourth-order valence-corrected chi connectivity index (χ4v) is 1.99. The molecule has 0 amide bonds. The molecule has 6 nitrogen and oxygen atoms in total. The molecule has 0 saturated carbocycles. The molecule has 3 N–H and O–H groups in total. The fraction of sp³-hybridized carbons (Fsp3) is 0.0714. The third-order valence-electron chi connectivity index (χ3n) is 2.84. The fourth-order valence-electron chi connectivity index (χ4n) is 1.72. The van der Waals surface area contributed by atoms with Crippen molar-refractivity contribution in [3.05, 3.63) is 62.7 Å². The zero-order valence-corrected chi connectivity index (χ0v) is 11.8. The molecule has 2 aromatic rings. The van der Waals surface area contributed by atoms with Gasteiger partial charge in [0.1, 0.15) is 17.3 Å². The number of rotatable bonds is 4. The topological polar surface area (TPSA) is 102 Å². The van der Waals surface area contributed by atoms with E-state index in [1.54, 1.807) is 25.1 Å². The third kappa shape index (κ3) is 3.29. The molecular formula is C14H12ClN3O3. The smallest absolute Gasteiger partial charge is 0.273 e. The quantitative estimate of drug-likeness (QED) is 0.389. The first kappa shape index (κ1) is 14.8. The van der Waals surface area contributed by atoms with Gasteiger partial charge in [-0.05, 0) is 30.7 Å². The van der Waals surface area contributed by atoms with Gasteiger partial charge < -0.3 is 10.5 Å². The van der Waals surface area contributed by atoms with E-state index in [0.717, 1.165) is 5.56 Å². The maximum Gasteiger partial charge on any atom is 0.273 e. The van der Waals surface area contributed by atoms with Crippen molar-refractivity contribution in [2.75, 3.05) is 0 Å². The average Bonchev–Trinajstić information content (AvgIpc) is 2.40. The lowest BCUT2D eigenvalue weighted by Gasteiger charge is -2.10. The summed E-state index contributed by atoms with van der Waals surface area (Å²) >= 11 is 6.00. The number of hydrogen-bond acceptors (Lipinski definition) is 4. The summed E-state index contributed by atoms with van der Waals surface area (Å²) in [4.78, 5) is 10.3. The number of nitro benzene ring substituents is 1. The van der Waals surface area contributed by atoms with E-state index in [1.165, 1.54) is 18.2 Å². The lowest BCUT2D eigenvalue weighted by atomic mass is 10.2. The number of nitro groups is 1. The van der Waals surface area contributed by atoms with Crippen LogP contribution in [0.4, 0.5) is 5.69 Å². The highest BCUT2D eigenvalue weighted by Gasteiger charge is 2.11. The van der Waals surface area contributed by atoms with E-state index in [2.05, 4.69) is 0 Å². The van der Waals surface area contributed by atoms with Gasteiger partial charge in [-0.1, -0.05) is 11.6 Å². The molecule has 0 aliphatic heterocycles. The lowest BCUT2D eigenvalue weighted by Crippen LogP contribution is -2.11. The molecule has 0 aliphatic rings. The molecule has 108 valence electrons. The van der Waals surface area contributed by atoms with Gasteiger partial charge in [-0.15, -0.1) is 0 Å². The van der Waals surface area contributed by atoms with E-state index in [0.29, 0.717) is 17.1 Å². The van der Waals surface area contributed by atoms with Crippen LogP contribution in [0.3, 0.4) is 0 Å². The Kier molecular flexibility index (Phi) is 4.09. The minimum Gasteiger partial charge on any atom is -0.457 e. The molecule has 0 atom stereocenters. The molecule has 0 radical (unpaired) electrons. The highest BCUT2D eigenvalue weighted by atomic mass is 35.5. The Labute approximate surface area is 125 Å². The summed E-state index contributed by atoms with van der Waals surface area (Å²) in [5.41, 5.74) is 6.48. The van der Waals surface area contributed by atoms with Crippen LogP contribution < -0.4 is 10.5 Å². The Morgan fingerprint density at radius 3 is 2.62 bits per heavy atom. The molecule has 7 heteroatoms. The van der Waals surface area contributed by atoms with Gasteiger partial charge in [0, 0.05) is 17.7 Å². The molecule has 0 saturated heterocycles. The normalized spacial score (nSPS) is 10.2. The number of ether oxygens (including phenoxy) is 1. The standard InChI is InChI=1S/C14H12ClN3O3/c1-8-2-3-9(18(19)20)6-13(8)21-10-4-5-11(14(16)17)12(15)7-10/h2-7H,1H3,(H3,16,17). The lowest BCUT2D eigenvalue weighted by molar-refractivity contribution is -0.384. The monoisotopic (exact) mass is 305 g/mol. The maximum absolute atomic E-state index is 10.8. The van der Waals surface area contributed by atoms with Crippen LogP contribution in [-0.4, -0.2) is 10.8 Å². The van der Waals surface area contributed by atoms with Crippen LogP contribution in [0.2, 0.25) is 5.02 Å². The summed E-state index contributed by atoms with van der Waals surface area (Å²) in [6.07, 6.45) is 0. The van der Waals surface area contributed by atoms with Crippen LogP contribution in [0, 0.1) is 22.4 Å².